The minimum atomic E-state index is 0.986. The Kier molecular flexibility index (Phi) is 5.71. The van der Waals surface area contributed by atoms with Gasteiger partial charge >= 0.3 is 0 Å². The standard InChI is InChI=1S/C26H27N/c1-6-10-22-12-7-8-13-25(22)21(5)20(4)24-15-14-23(17-19(24)3)26-18(2)11-9-16-27-26/h7-9,11-17H,4-6,10H2,1-3H3. The highest BCUT2D eigenvalue weighted by Crippen LogP contribution is 2.34. The van der Waals surface area contributed by atoms with Gasteiger partial charge < -0.3 is 0 Å². The second-order valence-electron chi connectivity index (χ2n) is 7.06. The van der Waals surface area contributed by atoms with Crippen LogP contribution in [0.4, 0.5) is 0 Å². The maximum atomic E-state index is 4.54. The Labute approximate surface area is 163 Å². The molecule has 0 aliphatic carbocycles. The predicted octanol–water partition coefficient (Wildman–Crippen LogP) is 7.04. The molecule has 1 heteroatoms. The van der Waals surface area contributed by atoms with Crippen molar-refractivity contribution in [3.8, 4) is 11.3 Å². The van der Waals surface area contributed by atoms with E-state index in [2.05, 4.69) is 87.4 Å². The summed E-state index contributed by atoms with van der Waals surface area (Å²) in [6, 6.07) is 19.1. The van der Waals surface area contributed by atoms with E-state index in [1.807, 2.05) is 12.3 Å². The van der Waals surface area contributed by atoms with Crippen LogP contribution < -0.4 is 0 Å². The first-order valence-corrected chi connectivity index (χ1v) is 9.52. The largest absolute Gasteiger partial charge is 0.256 e. The lowest BCUT2D eigenvalue weighted by Gasteiger charge is -2.17. The molecule has 0 saturated carbocycles. The van der Waals surface area contributed by atoms with E-state index in [9.17, 15) is 0 Å². The van der Waals surface area contributed by atoms with E-state index in [1.165, 1.54) is 22.3 Å². The summed E-state index contributed by atoms with van der Waals surface area (Å²) in [5.41, 5.74) is 10.2. The van der Waals surface area contributed by atoms with E-state index >= 15 is 0 Å². The number of benzene rings is 2. The zero-order valence-corrected chi connectivity index (χ0v) is 16.5. The first kappa shape index (κ1) is 18.8. The first-order chi connectivity index (χ1) is 13.0. The number of hydrogen-bond donors (Lipinski definition) is 0. The summed E-state index contributed by atoms with van der Waals surface area (Å²) in [7, 11) is 0. The Morgan fingerprint density at radius 2 is 1.59 bits per heavy atom. The lowest BCUT2D eigenvalue weighted by Crippen LogP contribution is -1.97. The average Bonchev–Trinajstić information content (AvgIpc) is 2.68. The van der Waals surface area contributed by atoms with Crippen LogP contribution in [0, 0.1) is 13.8 Å². The van der Waals surface area contributed by atoms with E-state index in [0.29, 0.717) is 0 Å². The zero-order valence-electron chi connectivity index (χ0n) is 16.5. The van der Waals surface area contributed by atoms with Gasteiger partial charge in [0.05, 0.1) is 5.69 Å². The van der Waals surface area contributed by atoms with Gasteiger partial charge in [0.15, 0.2) is 0 Å². The third-order valence-corrected chi connectivity index (χ3v) is 5.06. The monoisotopic (exact) mass is 353 g/mol. The summed E-state index contributed by atoms with van der Waals surface area (Å²) in [6.45, 7) is 15.2. The number of nitrogens with zero attached hydrogens (tertiary/aromatic N) is 1. The number of pyridine rings is 1. The van der Waals surface area contributed by atoms with Crippen LogP contribution in [0.25, 0.3) is 22.4 Å². The normalized spacial score (nSPS) is 10.6. The molecule has 3 aromatic rings. The Morgan fingerprint density at radius 1 is 0.852 bits per heavy atom. The van der Waals surface area contributed by atoms with E-state index in [0.717, 1.165) is 40.8 Å². The van der Waals surface area contributed by atoms with Crippen LogP contribution in [0.3, 0.4) is 0 Å². The lowest BCUT2D eigenvalue weighted by molar-refractivity contribution is 0.919. The van der Waals surface area contributed by atoms with Gasteiger partial charge in [-0.25, -0.2) is 0 Å². The molecule has 0 bridgehead atoms. The van der Waals surface area contributed by atoms with Crippen molar-refractivity contribution >= 4 is 11.1 Å². The molecule has 1 nitrogen and oxygen atoms in total. The fraction of sp³-hybridized carbons (Fsp3) is 0.192. The van der Waals surface area contributed by atoms with E-state index in [1.54, 1.807) is 0 Å². The molecule has 0 amide bonds. The molecule has 0 N–H and O–H groups in total. The van der Waals surface area contributed by atoms with E-state index in [4.69, 9.17) is 0 Å². The highest BCUT2D eigenvalue weighted by molar-refractivity contribution is 6.04. The Balaban J connectivity index is 1.94. The summed E-state index contributed by atoms with van der Waals surface area (Å²) in [5, 5.41) is 0. The number of rotatable bonds is 6. The number of allylic oxidation sites excluding steroid dienone is 2. The molecule has 0 saturated heterocycles. The van der Waals surface area contributed by atoms with Crippen molar-refractivity contribution in [1.29, 1.82) is 0 Å². The van der Waals surface area contributed by atoms with Crippen LogP contribution in [-0.2, 0) is 6.42 Å². The molecular weight excluding hydrogens is 326 g/mol. The highest BCUT2D eigenvalue weighted by atomic mass is 14.7. The molecule has 136 valence electrons. The topological polar surface area (TPSA) is 12.9 Å². The van der Waals surface area contributed by atoms with Crippen LogP contribution in [0.2, 0.25) is 0 Å². The van der Waals surface area contributed by atoms with Gasteiger partial charge in [-0.3, -0.25) is 4.98 Å². The summed E-state index contributed by atoms with van der Waals surface area (Å²) < 4.78 is 0. The van der Waals surface area contributed by atoms with Crippen LogP contribution in [-0.4, -0.2) is 4.98 Å². The van der Waals surface area contributed by atoms with Gasteiger partial charge in [-0.05, 0) is 71.4 Å². The molecule has 1 heterocycles. The molecule has 0 fully saturated rings. The van der Waals surface area contributed by atoms with Crippen molar-refractivity contribution in [2.75, 3.05) is 0 Å². The van der Waals surface area contributed by atoms with E-state index in [-0.39, 0.29) is 0 Å². The molecule has 0 aliphatic heterocycles. The van der Waals surface area contributed by atoms with Gasteiger partial charge in [-0.15, -0.1) is 0 Å². The molecule has 0 spiro atoms. The summed E-state index contributed by atoms with van der Waals surface area (Å²) in [5.74, 6) is 0. The quantitative estimate of drug-likeness (QED) is 0.433. The van der Waals surface area contributed by atoms with Gasteiger partial charge in [0, 0.05) is 11.8 Å². The second kappa shape index (κ2) is 8.18. The predicted molar refractivity (Wildman–Crippen MR) is 118 cm³/mol. The maximum absolute atomic E-state index is 4.54. The lowest BCUT2D eigenvalue weighted by atomic mass is 9.88. The fourth-order valence-corrected chi connectivity index (χ4v) is 3.56. The van der Waals surface area contributed by atoms with Gasteiger partial charge in [0.25, 0.3) is 0 Å². The molecule has 0 aliphatic rings. The van der Waals surface area contributed by atoms with Crippen molar-refractivity contribution in [3.05, 3.63) is 102 Å². The molecule has 0 atom stereocenters. The Morgan fingerprint density at radius 3 is 2.30 bits per heavy atom. The number of aryl methyl sites for hydroxylation is 3. The number of hydrogen-bond acceptors (Lipinski definition) is 1. The number of aromatic nitrogens is 1. The summed E-state index contributed by atoms with van der Waals surface area (Å²) in [6.07, 6.45) is 4.02. The van der Waals surface area contributed by atoms with Crippen molar-refractivity contribution in [3.63, 3.8) is 0 Å². The van der Waals surface area contributed by atoms with Gasteiger partial charge in [0.1, 0.15) is 0 Å². The second-order valence-corrected chi connectivity index (χ2v) is 7.06. The van der Waals surface area contributed by atoms with Gasteiger partial charge in [0.2, 0.25) is 0 Å². The molecule has 0 radical (unpaired) electrons. The maximum Gasteiger partial charge on any atom is 0.0731 e. The first-order valence-electron chi connectivity index (χ1n) is 9.52. The summed E-state index contributed by atoms with van der Waals surface area (Å²) >= 11 is 0. The third-order valence-electron chi connectivity index (χ3n) is 5.06. The van der Waals surface area contributed by atoms with Crippen LogP contribution in [0.1, 0.15) is 41.2 Å². The van der Waals surface area contributed by atoms with Crippen molar-refractivity contribution in [1.82, 2.24) is 4.98 Å². The smallest absolute Gasteiger partial charge is 0.0731 e. The third kappa shape index (κ3) is 3.93. The minimum absolute atomic E-state index is 0.986. The Hall–Kier alpha value is -2.93. The fourth-order valence-electron chi connectivity index (χ4n) is 3.56. The minimum Gasteiger partial charge on any atom is -0.256 e. The SMILES string of the molecule is C=C(C(=C)c1ccccc1CCC)c1ccc(-c2ncccc2C)cc1C. The van der Waals surface area contributed by atoms with Gasteiger partial charge in [-0.2, -0.15) is 0 Å². The molecular formula is C26H27N. The Bertz CT molecular complexity index is 995. The van der Waals surface area contributed by atoms with Crippen molar-refractivity contribution < 1.29 is 0 Å². The zero-order chi connectivity index (χ0) is 19.4. The van der Waals surface area contributed by atoms with Crippen LogP contribution >= 0.6 is 0 Å². The highest BCUT2D eigenvalue weighted by Gasteiger charge is 2.13. The average molecular weight is 354 g/mol. The molecule has 27 heavy (non-hydrogen) atoms. The molecule has 1 aromatic heterocycles. The molecule has 0 unspecified atom stereocenters. The van der Waals surface area contributed by atoms with Gasteiger partial charge in [-0.1, -0.05) is 69.0 Å². The molecule has 3 rings (SSSR count). The molecule has 2 aromatic carbocycles. The van der Waals surface area contributed by atoms with Crippen LogP contribution in [0.15, 0.2) is 74.0 Å². The van der Waals surface area contributed by atoms with Crippen molar-refractivity contribution in [2.45, 2.75) is 33.6 Å². The van der Waals surface area contributed by atoms with Crippen molar-refractivity contribution in [2.24, 2.45) is 0 Å². The summed E-state index contributed by atoms with van der Waals surface area (Å²) in [4.78, 5) is 4.54. The van der Waals surface area contributed by atoms with Crippen LogP contribution in [0.5, 0.6) is 0 Å². The van der Waals surface area contributed by atoms with E-state index < -0.39 is 0 Å².